The monoisotopic (exact) mass is 430 g/mol. The quantitative estimate of drug-likeness (QED) is 0.722. The van der Waals surface area contributed by atoms with Gasteiger partial charge in [-0.2, -0.15) is 4.31 Å². The Labute approximate surface area is 172 Å². The third kappa shape index (κ3) is 5.22. The molecule has 0 aromatic heterocycles. The van der Waals surface area contributed by atoms with E-state index in [9.17, 15) is 18.0 Å². The van der Waals surface area contributed by atoms with E-state index in [2.05, 4.69) is 10.6 Å². The molecule has 0 saturated carbocycles. The number of hydrogen-bond acceptors (Lipinski definition) is 5. The summed E-state index contributed by atoms with van der Waals surface area (Å²) in [5.74, 6) is -0.238. The average Bonchev–Trinajstić information content (AvgIpc) is 2.69. The van der Waals surface area contributed by atoms with Crippen LogP contribution >= 0.6 is 12.4 Å². The summed E-state index contributed by atoms with van der Waals surface area (Å²) in [5.41, 5.74) is 0.445. The van der Waals surface area contributed by atoms with E-state index in [1.54, 1.807) is 17.0 Å². The van der Waals surface area contributed by atoms with Gasteiger partial charge in [0.2, 0.25) is 15.9 Å². The molecule has 3 rings (SSSR count). The lowest BCUT2D eigenvalue weighted by molar-refractivity contribution is -0.129. The van der Waals surface area contributed by atoms with Crippen LogP contribution < -0.4 is 10.6 Å². The number of halogens is 1. The van der Waals surface area contributed by atoms with Gasteiger partial charge in [0.05, 0.1) is 4.90 Å². The summed E-state index contributed by atoms with van der Waals surface area (Å²) >= 11 is 0. The van der Waals surface area contributed by atoms with Crippen molar-refractivity contribution in [2.45, 2.75) is 30.7 Å². The molecule has 10 heteroatoms. The van der Waals surface area contributed by atoms with Crippen molar-refractivity contribution in [3.8, 4) is 0 Å². The van der Waals surface area contributed by atoms with E-state index in [1.807, 2.05) is 0 Å². The molecule has 1 aromatic carbocycles. The Hall–Kier alpha value is -1.68. The van der Waals surface area contributed by atoms with Gasteiger partial charge in [-0.1, -0.05) is 0 Å². The first-order valence-electron chi connectivity index (χ1n) is 9.25. The number of sulfonamides is 1. The van der Waals surface area contributed by atoms with Crippen molar-refractivity contribution in [3.05, 3.63) is 29.8 Å². The van der Waals surface area contributed by atoms with Crippen LogP contribution in [0.4, 0.5) is 0 Å². The first kappa shape index (κ1) is 22.6. The van der Waals surface area contributed by atoms with Crippen molar-refractivity contribution in [1.29, 1.82) is 0 Å². The Morgan fingerprint density at radius 3 is 2.29 bits per heavy atom. The maximum absolute atomic E-state index is 12.8. The van der Waals surface area contributed by atoms with Crippen LogP contribution in [0.5, 0.6) is 0 Å². The highest BCUT2D eigenvalue weighted by Crippen LogP contribution is 2.18. The molecule has 2 fully saturated rings. The molecule has 2 amide bonds. The van der Waals surface area contributed by atoms with Gasteiger partial charge in [0.1, 0.15) is 0 Å². The summed E-state index contributed by atoms with van der Waals surface area (Å²) in [6.45, 7) is 4.55. The van der Waals surface area contributed by atoms with Gasteiger partial charge in [0, 0.05) is 51.3 Å². The highest BCUT2D eigenvalue weighted by atomic mass is 35.5. The maximum Gasteiger partial charge on any atom is 0.251 e. The minimum absolute atomic E-state index is 0. The van der Waals surface area contributed by atoms with Crippen LogP contribution in [0.1, 0.15) is 30.1 Å². The fraction of sp³-hybridized carbons (Fsp3) is 0.556. The third-order valence-corrected chi connectivity index (χ3v) is 6.98. The van der Waals surface area contributed by atoms with Crippen molar-refractivity contribution in [1.82, 2.24) is 19.8 Å². The molecule has 1 aromatic rings. The van der Waals surface area contributed by atoms with Crippen LogP contribution in [-0.4, -0.2) is 74.7 Å². The van der Waals surface area contributed by atoms with Crippen LogP contribution in [0.2, 0.25) is 0 Å². The van der Waals surface area contributed by atoms with Crippen molar-refractivity contribution < 1.29 is 18.0 Å². The zero-order valence-electron chi connectivity index (χ0n) is 15.9. The molecule has 0 spiro atoms. The number of carbonyl (C=O) groups is 2. The van der Waals surface area contributed by atoms with Gasteiger partial charge < -0.3 is 15.5 Å². The average molecular weight is 431 g/mol. The number of piperazine rings is 1. The van der Waals surface area contributed by atoms with Crippen LogP contribution in [-0.2, 0) is 14.8 Å². The maximum atomic E-state index is 12.8. The zero-order chi connectivity index (χ0) is 19.4. The van der Waals surface area contributed by atoms with Crippen LogP contribution in [0.15, 0.2) is 29.2 Å². The molecule has 0 aliphatic carbocycles. The number of hydrogen-bond donors (Lipinski definition) is 2. The minimum atomic E-state index is -3.63. The van der Waals surface area contributed by atoms with Gasteiger partial charge in [-0.25, -0.2) is 8.42 Å². The predicted octanol–water partition coefficient (Wildman–Crippen LogP) is 0.443. The summed E-state index contributed by atoms with van der Waals surface area (Å²) in [6, 6.07) is 6.14. The number of nitrogens with zero attached hydrogens (tertiary/aromatic N) is 2. The number of nitrogens with one attached hydrogen (secondary N) is 2. The lowest BCUT2D eigenvalue weighted by Gasteiger charge is -2.33. The summed E-state index contributed by atoms with van der Waals surface area (Å²) in [5, 5.41) is 6.22. The lowest BCUT2D eigenvalue weighted by Crippen LogP contribution is -2.49. The fourth-order valence-corrected chi connectivity index (χ4v) is 4.84. The molecule has 2 aliphatic heterocycles. The molecule has 156 valence electrons. The number of piperidine rings is 1. The minimum Gasteiger partial charge on any atom is -0.348 e. The highest BCUT2D eigenvalue weighted by Gasteiger charge is 2.29. The first-order valence-corrected chi connectivity index (χ1v) is 10.7. The third-order valence-electron chi connectivity index (χ3n) is 5.07. The second-order valence-corrected chi connectivity index (χ2v) is 8.89. The van der Waals surface area contributed by atoms with E-state index < -0.39 is 10.0 Å². The fourth-order valence-electron chi connectivity index (χ4n) is 3.41. The number of benzene rings is 1. The molecular weight excluding hydrogens is 404 g/mol. The van der Waals surface area contributed by atoms with Gasteiger partial charge in [-0.3, -0.25) is 9.59 Å². The van der Waals surface area contributed by atoms with Gasteiger partial charge in [-0.15, -0.1) is 12.4 Å². The Kier molecular flexibility index (Phi) is 7.82. The molecule has 2 N–H and O–H groups in total. The normalized spacial score (nSPS) is 20.9. The molecule has 0 bridgehead atoms. The molecule has 2 aliphatic rings. The topological polar surface area (TPSA) is 98.8 Å². The van der Waals surface area contributed by atoms with Crippen molar-refractivity contribution >= 4 is 34.2 Å². The van der Waals surface area contributed by atoms with Gasteiger partial charge in [0.25, 0.3) is 5.91 Å². The number of rotatable bonds is 4. The van der Waals surface area contributed by atoms with E-state index in [1.165, 1.54) is 23.4 Å². The second-order valence-electron chi connectivity index (χ2n) is 6.95. The predicted molar refractivity (Wildman–Crippen MR) is 108 cm³/mol. The van der Waals surface area contributed by atoms with E-state index in [4.69, 9.17) is 0 Å². The van der Waals surface area contributed by atoms with Gasteiger partial charge in [0.15, 0.2) is 0 Å². The molecule has 1 atom stereocenters. The number of carbonyl (C=O) groups excluding carboxylic acids is 2. The molecular formula is C18H27ClN4O4S. The molecule has 1 unspecified atom stereocenters. The van der Waals surface area contributed by atoms with Gasteiger partial charge >= 0.3 is 0 Å². The van der Waals surface area contributed by atoms with E-state index in [-0.39, 0.29) is 48.2 Å². The van der Waals surface area contributed by atoms with E-state index in [0.29, 0.717) is 18.7 Å². The van der Waals surface area contributed by atoms with E-state index in [0.717, 1.165) is 25.9 Å². The highest BCUT2D eigenvalue weighted by molar-refractivity contribution is 7.89. The van der Waals surface area contributed by atoms with Crippen LogP contribution in [0.3, 0.4) is 0 Å². The largest absolute Gasteiger partial charge is 0.348 e. The summed E-state index contributed by atoms with van der Waals surface area (Å²) in [7, 11) is -3.63. The van der Waals surface area contributed by atoms with Crippen LogP contribution in [0.25, 0.3) is 0 Å². The Bertz CT molecular complexity index is 786. The lowest BCUT2D eigenvalue weighted by atomic mass is 10.1. The molecule has 8 nitrogen and oxygen atoms in total. The van der Waals surface area contributed by atoms with Crippen LogP contribution in [0, 0.1) is 0 Å². The Morgan fingerprint density at radius 2 is 1.75 bits per heavy atom. The van der Waals surface area contributed by atoms with Crippen molar-refractivity contribution in [3.63, 3.8) is 0 Å². The molecule has 2 heterocycles. The summed E-state index contributed by atoms with van der Waals surface area (Å²) in [4.78, 5) is 25.5. The molecule has 28 heavy (non-hydrogen) atoms. The Balaban J connectivity index is 0.00000280. The smallest absolute Gasteiger partial charge is 0.251 e. The van der Waals surface area contributed by atoms with Crippen molar-refractivity contribution in [2.24, 2.45) is 0 Å². The number of amides is 2. The second kappa shape index (κ2) is 9.69. The summed E-state index contributed by atoms with van der Waals surface area (Å²) < 4.78 is 26.9. The summed E-state index contributed by atoms with van der Waals surface area (Å²) in [6.07, 6.45) is 1.97. The molecule has 2 saturated heterocycles. The standard InChI is InChI=1S/C18H26N4O4S.ClH/c1-14(23)21-9-11-22(12-10-21)27(25,26)17-6-4-15(5-7-17)18(24)20-16-3-2-8-19-13-16;/h4-7,16,19H,2-3,8-13H2,1H3,(H,20,24);1H. The zero-order valence-corrected chi connectivity index (χ0v) is 17.5. The SMILES string of the molecule is CC(=O)N1CCN(S(=O)(=O)c2ccc(C(=O)NC3CCCNC3)cc2)CC1.Cl. The molecule has 0 radical (unpaired) electrons. The van der Waals surface area contributed by atoms with Crippen molar-refractivity contribution in [2.75, 3.05) is 39.3 Å². The Morgan fingerprint density at radius 1 is 1.11 bits per heavy atom. The first-order chi connectivity index (χ1) is 12.9. The van der Waals surface area contributed by atoms with E-state index >= 15 is 0 Å². The van der Waals surface area contributed by atoms with Gasteiger partial charge in [-0.05, 0) is 43.7 Å².